The van der Waals surface area contributed by atoms with Gasteiger partial charge < -0.3 is 4.74 Å². The number of amides is 1. The van der Waals surface area contributed by atoms with Gasteiger partial charge in [0.05, 0.1) is 10.6 Å². The Balaban J connectivity index is 0.000000956. The highest BCUT2D eigenvalue weighted by Crippen LogP contribution is 2.35. The van der Waals surface area contributed by atoms with E-state index < -0.39 is 22.9 Å². The summed E-state index contributed by atoms with van der Waals surface area (Å²) < 4.78 is 42.5. The Hall–Kier alpha value is -1.76. The maximum atomic E-state index is 12.6. The number of carbonyl (C=O) groups excluding carboxylic acids is 1. The highest BCUT2D eigenvalue weighted by molar-refractivity contribution is 6.31. The Morgan fingerprint density at radius 2 is 2.00 bits per heavy atom. The molecule has 0 saturated heterocycles. The predicted molar refractivity (Wildman–Crippen MR) is 68.8 cm³/mol. The van der Waals surface area contributed by atoms with Crippen LogP contribution in [-0.4, -0.2) is 18.4 Å². The van der Waals surface area contributed by atoms with E-state index in [-0.39, 0.29) is 17.9 Å². The Bertz CT molecular complexity index is 530. The van der Waals surface area contributed by atoms with Crippen molar-refractivity contribution in [3.05, 3.63) is 34.3 Å². The van der Waals surface area contributed by atoms with Crippen LogP contribution in [0.4, 0.5) is 18.0 Å². The van der Waals surface area contributed by atoms with Crippen molar-refractivity contribution in [1.29, 1.82) is 0 Å². The number of nitrogens with one attached hydrogen (secondary N) is 1. The molecule has 0 aromatic heterocycles. The van der Waals surface area contributed by atoms with Gasteiger partial charge in [0.25, 0.3) is 0 Å². The second-order valence-electron chi connectivity index (χ2n) is 3.44. The molecule has 0 saturated carbocycles. The topological polar surface area (TPSA) is 50.7 Å². The summed E-state index contributed by atoms with van der Waals surface area (Å²) in [5, 5.41) is 3.22. The summed E-state index contributed by atoms with van der Waals surface area (Å²) in [6, 6.07) is 3.36. The van der Waals surface area contributed by atoms with Crippen molar-refractivity contribution in [2.24, 2.45) is 5.10 Å². The van der Waals surface area contributed by atoms with E-state index in [1.54, 1.807) is 0 Å². The van der Waals surface area contributed by atoms with Crippen LogP contribution in [0.3, 0.4) is 0 Å². The maximum absolute atomic E-state index is 12.6. The summed E-state index contributed by atoms with van der Waals surface area (Å²) in [6.07, 6.45) is -5.30. The van der Waals surface area contributed by atoms with Gasteiger partial charge in [0.1, 0.15) is 12.3 Å². The van der Waals surface area contributed by atoms with Crippen molar-refractivity contribution >= 4 is 23.4 Å². The number of ether oxygens (including phenoxy) is 1. The first kappa shape index (κ1) is 16.3. The van der Waals surface area contributed by atoms with Gasteiger partial charge in [-0.1, -0.05) is 31.5 Å². The number of hydrogen-bond acceptors (Lipinski definition) is 3. The van der Waals surface area contributed by atoms with Gasteiger partial charge in [0.2, 0.25) is 0 Å². The van der Waals surface area contributed by atoms with Crippen LogP contribution in [0.25, 0.3) is 0 Å². The summed E-state index contributed by atoms with van der Waals surface area (Å²) >= 11 is 5.48. The van der Waals surface area contributed by atoms with Crippen LogP contribution in [0, 0.1) is 0 Å². The minimum atomic E-state index is -4.55. The molecule has 4 nitrogen and oxygen atoms in total. The molecule has 1 aromatic carbocycles. The summed E-state index contributed by atoms with van der Waals surface area (Å²) in [4.78, 5) is 10.7. The number of halogens is 4. The zero-order valence-electron chi connectivity index (χ0n) is 10.7. The van der Waals surface area contributed by atoms with E-state index in [2.05, 4.69) is 9.84 Å². The van der Waals surface area contributed by atoms with Gasteiger partial charge in [-0.2, -0.15) is 18.3 Å². The molecule has 0 aliphatic carbocycles. The fourth-order valence-electron chi connectivity index (χ4n) is 1.38. The third kappa shape index (κ3) is 3.86. The average molecular weight is 309 g/mol. The van der Waals surface area contributed by atoms with Crippen LogP contribution in [0.1, 0.15) is 25.0 Å². The van der Waals surface area contributed by atoms with Crippen LogP contribution in [0.5, 0.6) is 0 Å². The number of rotatable bonds is 1. The van der Waals surface area contributed by atoms with Gasteiger partial charge in [-0.15, -0.1) is 0 Å². The summed E-state index contributed by atoms with van der Waals surface area (Å²) in [5.41, 5.74) is 1.44. The van der Waals surface area contributed by atoms with E-state index >= 15 is 0 Å². The number of cyclic esters (lactones) is 1. The number of alkyl halides is 3. The quantitative estimate of drug-likeness (QED) is 0.857. The molecule has 1 N–H and O–H groups in total. The molecule has 1 heterocycles. The zero-order valence-corrected chi connectivity index (χ0v) is 11.5. The van der Waals surface area contributed by atoms with Crippen molar-refractivity contribution in [2.45, 2.75) is 20.0 Å². The number of carbonyl (C=O) groups is 1. The fraction of sp³-hybridized carbons (Fsp3) is 0.333. The maximum Gasteiger partial charge on any atom is 0.428 e. The number of hydrogen-bond donors (Lipinski definition) is 1. The predicted octanol–water partition coefficient (Wildman–Crippen LogP) is 3.83. The standard InChI is InChI=1S/C10H6ClF3N2O2.C2H6/c11-7-2-1-5(3-6(7)10(12,13)14)8-4-18-9(17)16-15-8;1-2/h1-3H,4H2,(H,16,17);1-2H3. The van der Waals surface area contributed by atoms with E-state index in [0.29, 0.717) is 0 Å². The second kappa shape index (κ2) is 6.60. The van der Waals surface area contributed by atoms with Crippen molar-refractivity contribution in [3.8, 4) is 0 Å². The lowest BCUT2D eigenvalue weighted by atomic mass is 10.1. The molecule has 1 aliphatic heterocycles. The molecule has 0 spiro atoms. The summed E-state index contributed by atoms with van der Waals surface area (Å²) in [5.74, 6) is 0. The highest BCUT2D eigenvalue weighted by atomic mass is 35.5. The smallest absolute Gasteiger partial charge is 0.428 e. The molecule has 0 unspecified atom stereocenters. The largest absolute Gasteiger partial charge is 0.442 e. The third-order valence-corrected chi connectivity index (χ3v) is 2.56. The lowest BCUT2D eigenvalue weighted by Gasteiger charge is -2.15. The SMILES string of the molecule is CC.O=C1NN=C(c2ccc(Cl)c(C(F)(F)F)c2)CO1. The molecule has 2 rings (SSSR count). The van der Waals surface area contributed by atoms with E-state index in [9.17, 15) is 18.0 Å². The molecule has 1 amide bonds. The molecule has 20 heavy (non-hydrogen) atoms. The van der Waals surface area contributed by atoms with Crippen molar-refractivity contribution in [2.75, 3.05) is 6.61 Å². The minimum Gasteiger partial charge on any atom is -0.442 e. The van der Waals surface area contributed by atoms with Gasteiger partial charge in [-0.25, -0.2) is 10.2 Å². The summed E-state index contributed by atoms with van der Waals surface area (Å²) in [7, 11) is 0. The zero-order chi connectivity index (χ0) is 15.3. The number of hydrazone groups is 1. The number of benzene rings is 1. The van der Waals surface area contributed by atoms with Gasteiger partial charge in [-0.05, 0) is 12.1 Å². The van der Waals surface area contributed by atoms with E-state index in [4.69, 9.17) is 11.6 Å². The van der Waals surface area contributed by atoms with Crippen molar-refractivity contribution in [1.82, 2.24) is 5.43 Å². The van der Waals surface area contributed by atoms with E-state index in [1.807, 2.05) is 19.3 Å². The van der Waals surface area contributed by atoms with Crippen LogP contribution >= 0.6 is 11.6 Å². The van der Waals surface area contributed by atoms with Gasteiger partial charge in [-0.3, -0.25) is 0 Å². The highest BCUT2D eigenvalue weighted by Gasteiger charge is 2.33. The van der Waals surface area contributed by atoms with Crippen molar-refractivity contribution in [3.63, 3.8) is 0 Å². The third-order valence-electron chi connectivity index (χ3n) is 2.23. The van der Waals surface area contributed by atoms with Crippen LogP contribution < -0.4 is 5.43 Å². The second-order valence-corrected chi connectivity index (χ2v) is 3.85. The summed E-state index contributed by atoms with van der Waals surface area (Å²) in [6.45, 7) is 3.81. The normalized spacial score (nSPS) is 14.5. The molecule has 1 aliphatic rings. The lowest BCUT2D eigenvalue weighted by Crippen LogP contribution is -2.30. The van der Waals surface area contributed by atoms with E-state index in [0.717, 1.165) is 12.1 Å². The van der Waals surface area contributed by atoms with Gasteiger partial charge >= 0.3 is 12.3 Å². The lowest BCUT2D eigenvalue weighted by molar-refractivity contribution is -0.137. The monoisotopic (exact) mass is 308 g/mol. The molecule has 1 aromatic rings. The molecule has 0 bridgehead atoms. The number of nitrogens with zero attached hydrogens (tertiary/aromatic N) is 1. The average Bonchev–Trinajstić information content (AvgIpc) is 2.41. The molecule has 0 fully saturated rings. The fourth-order valence-corrected chi connectivity index (χ4v) is 1.61. The van der Waals surface area contributed by atoms with Crippen molar-refractivity contribution < 1.29 is 22.7 Å². The first-order valence-corrected chi connectivity index (χ1v) is 6.12. The molecule has 0 radical (unpaired) electrons. The Kier molecular flexibility index (Phi) is 5.38. The molecule has 0 atom stereocenters. The molecule has 110 valence electrons. The molecule has 8 heteroatoms. The first-order chi connectivity index (χ1) is 9.38. The van der Waals surface area contributed by atoms with Crippen LogP contribution in [0.15, 0.2) is 23.3 Å². The van der Waals surface area contributed by atoms with Gasteiger partial charge in [0, 0.05) is 5.56 Å². The van der Waals surface area contributed by atoms with Gasteiger partial charge in [0.15, 0.2) is 0 Å². The first-order valence-electron chi connectivity index (χ1n) is 5.74. The molecular weight excluding hydrogens is 297 g/mol. The molecular formula is C12H12ClF3N2O2. The Morgan fingerprint density at radius 3 is 2.50 bits per heavy atom. The van der Waals surface area contributed by atoms with E-state index in [1.165, 1.54) is 6.07 Å². The Morgan fingerprint density at radius 1 is 1.35 bits per heavy atom. The van der Waals surface area contributed by atoms with Crippen LogP contribution in [-0.2, 0) is 10.9 Å². The minimum absolute atomic E-state index is 0.187. The Labute approximate surface area is 118 Å². The van der Waals surface area contributed by atoms with Crippen LogP contribution in [0.2, 0.25) is 5.02 Å².